The van der Waals surface area contributed by atoms with Crippen LogP contribution in [0.15, 0.2) is 18.2 Å². The van der Waals surface area contributed by atoms with E-state index in [-0.39, 0.29) is 41.8 Å². The van der Waals surface area contributed by atoms with Crippen molar-refractivity contribution >= 4 is 35.7 Å². The molecule has 1 aromatic carbocycles. The van der Waals surface area contributed by atoms with Gasteiger partial charge in [-0.2, -0.15) is 0 Å². The number of halogens is 1. The SMILES string of the molecule is CNCC(=O)Nc1cc(C(=O)OC)cc([N+](=O)[O-])c1.Cl. The van der Waals surface area contributed by atoms with Crippen LogP contribution >= 0.6 is 12.4 Å². The first-order valence-electron chi connectivity index (χ1n) is 5.30. The van der Waals surface area contributed by atoms with E-state index in [0.717, 1.165) is 6.07 Å². The number of carbonyl (C=O) groups is 2. The van der Waals surface area contributed by atoms with Crippen LogP contribution in [0.1, 0.15) is 10.4 Å². The smallest absolute Gasteiger partial charge is 0.338 e. The summed E-state index contributed by atoms with van der Waals surface area (Å²) in [5.41, 5.74) is -0.144. The minimum absolute atomic E-state index is 0. The number of nitro benzene ring substituents is 1. The molecular weight excluding hydrogens is 290 g/mol. The number of ether oxygens (including phenoxy) is 1. The van der Waals surface area contributed by atoms with E-state index in [9.17, 15) is 19.7 Å². The topological polar surface area (TPSA) is 111 Å². The van der Waals surface area contributed by atoms with Gasteiger partial charge in [-0.1, -0.05) is 0 Å². The Kier molecular flexibility index (Phi) is 7.19. The summed E-state index contributed by atoms with van der Waals surface area (Å²) < 4.78 is 4.49. The number of anilines is 1. The average molecular weight is 304 g/mol. The van der Waals surface area contributed by atoms with Crippen molar-refractivity contribution in [2.24, 2.45) is 0 Å². The second-order valence-corrected chi connectivity index (χ2v) is 3.60. The third kappa shape index (κ3) is 4.82. The third-order valence-electron chi connectivity index (χ3n) is 2.17. The van der Waals surface area contributed by atoms with E-state index in [4.69, 9.17) is 0 Å². The highest BCUT2D eigenvalue weighted by molar-refractivity contribution is 5.96. The number of hydrogen-bond acceptors (Lipinski definition) is 6. The lowest BCUT2D eigenvalue weighted by atomic mass is 10.1. The van der Waals surface area contributed by atoms with E-state index in [1.165, 1.54) is 19.2 Å². The lowest BCUT2D eigenvalue weighted by Gasteiger charge is -2.06. The summed E-state index contributed by atoms with van der Waals surface area (Å²) >= 11 is 0. The number of amides is 1. The summed E-state index contributed by atoms with van der Waals surface area (Å²) in [4.78, 5) is 32.9. The Labute approximate surface area is 121 Å². The van der Waals surface area contributed by atoms with Gasteiger partial charge < -0.3 is 15.4 Å². The average Bonchev–Trinajstić information content (AvgIpc) is 2.37. The van der Waals surface area contributed by atoms with Gasteiger partial charge in [-0.3, -0.25) is 14.9 Å². The largest absolute Gasteiger partial charge is 0.465 e. The molecule has 0 aliphatic carbocycles. The molecule has 8 nitrogen and oxygen atoms in total. The molecule has 0 fully saturated rings. The van der Waals surface area contributed by atoms with Crippen LogP contribution in [-0.4, -0.2) is 37.5 Å². The molecule has 20 heavy (non-hydrogen) atoms. The fourth-order valence-corrected chi connectivity index (χ4v) is 1.39. The first kappa shape index (κ1) is 17.8. The predicted octanol–water partition coefficient (Wildman–Crippen LogP) is 0.961. The highest BCUT2D eigenvalue weighted by Crippen LogP contribution is 2.21. The minimum atomic E-state index is -0.715. The van der Waals surface area contributed by atoms with Gasteiger partial charge in [0, 0.05) is 17.8 Å². The van der Waals surface area contributed by atoms with Crippen LogP contribution in [0.5, 0.6) is 0 Å². The molecule has 0 aliphatic rings. The van der Waals surface area contributed by atoms with E-state index < -0.39 is 10.9 Å². The standard InChI is InChI=1S/C11H13N3O5.ClH/c1-12-6-10(15)13-8-3-7(11(16)19-2)4-9(5-8)14(17)18;/h3-5,12H,6H2,1-2H3,(H,13,15);1H. The van der Waals surface area contributed by atoms with Gasteiger partial charge >= 0.3 is 5.97 Å². The molecule has 0 aliphatic heterocycles. The van der Waals surface area contributed by atoms with Crippen LogP contribution < -0.4 is 10.6 Å². The molecule has 110 valence electrons. The molecule has 0 aromatic heterocycles. The highest BCUT2D eigenvalue weighted by atomic mass is 35.5. The first-order chi connectivity index (χ1) is 8.97. The first-order valence-corrected chi connectivity index (χ1v) is 5.30. The fourth-order valence-electron chi connectivity index (χ4n) is 1.39. The number of nitrogens with zero attached hydrogens (tertiary/aromatic N) is 1. The number of non-ortho nitro benzene ring substituents is 1. The van der Waals surface area contributed by atoms with E-state index in [2.05, 4.69) is 15.4 Å². The Hall–Kier alpha value is -2.19. The summed E-state index contributed by atoms with van der Waals surface area (Å²) in [6, 6.07) is 3.56. The summed E-state index contributed by atoms with van der Waals surface area (Å²) in [6.07, 6.45) is 0. The van der Waals surface area contributed by atoms with Crippen molar-refractivity contribution in [1.82, 2.24) is 5.32 Å². The van der Waals surface area contributed by atoms with E-state index in [1.807, 2.05) is 0 Å². The molecule has 0 atom stereocenters. The van der Waals surface area contributed by atoms with Crippen molar-refractivity contribution in [3.8, 4) is 0 Å². The van der Waals surface area contributed by atoms with Gasteiger partial charge in [0.25, 0.3) is 5.69 Å². The van der Waals surface area contributed by atoms with Crippen molar-refractivity contribution in [3.63, 3.8) is 0 Å². The monoisotopic (exact) mass is 303 g/mol. The number of likely N-dealkylation sites (N-methyl/N-ethyl adjacent to an activating group) is 1. The van der Waals surface area contributed by atoms with Gasteiger partial charge in [0.05, 0.1) is 24.1 Å². The van der Waals surface area contributed by atoms with Crippen LogP contribution in [0, 0.1) is 10.1 Å². The number of esters is 1. The maximum Gasteiger partial charge on any atom is 0.338 e. The molecule has 1 aromatic rings. The van der Waals surface area contributed by atoms with Crippen LogP contribution in [-0.2, 0) is 9.53 Å². The van der Waals surface area contributed by atoms with Gasteiger partial charge in [-0.25, -0.2) is 4.79 Å². The molecule has 1 amide bonds. The van der Waals surface area contributed by atoms with E-state index >= 15 is 0 Å². The molecular formula is C11H14ClN3O5. The number of rotatable bonds is 5. The number of carbonyl (C=O) groups excluding carboxylic acids is 2. The van der Waals surface area contributed by atoms with Crippen molar-refractivity contribution in [3.05, 3.63) is 33.9 Å². The van der Waals surface area contributed by atoms with Crippen molar-refractivity contribution in [2.45, 2.75) is 0 Å². The lowest BCUT2D eigenvalue weighted by molar-refractivity contribution is -0.384. The van der Waals surface area contributed by atoms with Gasteiger partial charge in [-0.15, -0.1) is 12.4 Å². The number of nitro groups is 1. The Balaban J connectivity index is 0.00000361. The Morgan fingerprint density at radius 2 is 2.00 bits per heavy atom. The number of benzene rings is 1. The van der Waals surface area contributed by atoms with E-state index in [0.29, 0.717) is 0 Å². The zero-order valence-corrected chi connectivity index (χ0v) is 11.7. The molecule has 9 heteroatoms. The van der Waals surface area contributed by atoms with Gasteiger partial charge in [0.1, 0.15) is 0 Å². The molecule has 0 saturated carbocycles. The Morgan fingerprint density at radius 3 is 2.50 bits per heavy atom. The third-order valence-corrected chi connectivity index (χ3v) is 2.17. The molecule has 0 bridgehead atoms. The van der Waals surface area contributed by atoms with Gasteiger partial charge in [0.2, 0.25) is 5.91 Å². The highest BCUT2D eigenvalue weighted by Gasteiger charge is 2.15. The van der Waals surface area contributed by atoms with Crippen LogP contribution in [0.3, 0.4) is 0 Å². The molecule has 0 saturated heterocycles. The van der Waals surface area contributed by atoms with Crippen LogP contribution in [0.4, 0.5) is 11.4 Å². The minimum Gasteiger partial charge on any atom is -0.465 e. The summed E-state index contributed by atoms with van der Waals surface area (Å²) in [5.74, 6) is -1.09. The Morgan fingerprint density at radius 1 is 1.35 bits per heavy atom. The second-order valence-electron chi connectivity index (χ2n) is 3.60. The zero-order chi connectivity index (χ0) is 14.4. The van der Waals surface area contributed by atoms with Crippen LogP contribution in [0.25, 0.3) is 0 Å². The number of hydrogen-bond donors (Lipinski definition) is 2. The normalized spacial score (nSPS) is 9.30. The molecule has 2 N–H and O–H groups in total. The van der Waals surface area contributed by atoms with Gasteiger partial charge in [0.15, 0.2) is 0 Å². The molecule has 0 heterocycles. The number of methoxy groups -OCH3 is 1. The maximum absolute atomic E-state index is 11.4. The maximum atomic E-state index is 11.4. The lowest BCUT2D eigenvalue weighted by Crippen LogP contribution is -2.25. The summed E-state index contributed by atoms with van der Waals surface area (Å²) in [6.45, 7) is 0.0518. The van der Waals surface area contributed by atoms with Gasteiger partial charge in [-0.05, 0) is 13.1 Å². The zero-order valence-electron chi connectivity index (χ0n) is 10.8. The molecule has 0 spiro atoms. The Bertz CT molecular complexity index is 521. The number of nitrogens with one attached hydrogen (secondary N) is 2. The van der Waals surface area contributed by atoms with Crippen LogP contribution in [0.2, 0.25) is 0 Å². The van der Waals surface area contributed by atoms with Crippen molar-refractivity contribution in [1.29, 1.82) is 0 Å². The fraction of sp³-hybridized carbons (Fsp3) is 0.273. The molecule has 0 unspecified atom stereocenters. The quantitative estimate of drug-likeness (QED) is 0.476. The predicted molar refractivity (Wildman–Crippen MR) is 74.2 cm³/mol. The van der Waals surface area contributed by atoms with E-state index in [1.54, 1.807) is 7.05 Å². The van der Waals surface area contributed by atoms with Crippen molar-refractivity contribution < 1.29 is 19.2 Å². The summed E-state index contributed by atoms with van der Waals surface area (Å²) in [5, 5.41) is 15.8. The summed E-state index contributed by atoms with van der Waals surface area (Å²) in [7, 11) is 2.76. The molecule has 0 radical (unpaired) electrons. The molecule has 1 rings (SSSR count). The van der Waals surface area contributed by atoms with Crippen molar-refractivity contribution in [2.75, 3.05) is 26.0 Å². The second kappa shape index (κ2) is 8.08.